The van der Waals surface area contributed by atoms with E-state index in [2.05, 4.69) is 0 Å². The van der Waals surface area contributed by atoms with Gasteiger partial charge in [0.15, 0.2) is 11.6 Å². The van der Waals surface area contributed by atoms with Crippen LogP contribution in [0.5, 0.6) is 0 Å². The van der Waals surface area contributed by atoms with E-state index in [0.29, 0.717) is 4.88 Å². The lowest BCUT2D eigenvalue weighted by atomic mass is 10.1. The second-order valence-electron chi connectivity index (χ2n) is 3.83. The molecule has 0 saturated heterocycles. The molecule has 0 radical (unpaired) electrons. The zero-order valence-corrected chi connectivity index (χ0v) is 10.2. The summed E-state index contributed by atoms with van der Waals surface area (Å²) < 4.78 is 25.8. The smallest absolute Gasteiger partial charge is 0.203 e. The first-order valence-electron chi connectivity index (χ1n) is 5.06. The number of carbonyl (C=O) groups excluding carboxylic acids is 1. The number of ketones is 1. The molecule has 1 aromatic heterocycles. The lowest BCUT2D eigenvalue weighted by molar-refractivity contribution is 0.104. The molecule has 0 N–H and O–H groups in total. The molecular weight excluding hydrogens is 242 g/mol. The van der Waals surface area contributed by atoms with Crippen LogP contribution in [0.4, 0.5) is 8.78 Å². The van der Waals surface area contributed by atoms with Crippen LogP contribution in [0, 0.1) is 25.5 Å². The van der Waals surface area contributed by atoms with Gasteiger partial charge in [0.25, 0.3) is 0 Å². The van der Waals surface area contributed by atoms with Gasteiger partial charge in [0.05, 0.1) is 4.88 Å². The molecule has 0 aliphatic carbocycles. The van der Waals surface area contributed by atoms with Gasteiger partial charge in [0.1, 0.15) is 0 Å². The standard InChI is InChI=1S/C13H10F2OS/c1-7-5-8(2)17-13(7)12(16)9-3-4-10(14)11(15)6-9/h3-6H,1-2H3. The fourth-order valence-corrected chi connectivity index (χ4v) is 2.62. The van der Waals surface area contributed by atoms with Crippen molar-refractivity contribution in [2.75, 3.05) is 0 Å². The van der Waals surface area contributed by atoms with Gasteiger partial charge in [0.2, 0.25) is 5.78 Å². The SMILES string of the molecule is Cc1cc(C)c(C(=O)c2ccc(F)c(F)c2)s1. The highest BCUT2D eigenvalue weighted by Crippen LogP contribution is 2.24. The molecule has 4 heteroatoms. The van der Waals surface area contributed by atoms with E-state index in [-0.39, 0.29) is 11.3 Å². The van der Waals surface area contributed by atoms with Gasteiger partial charge >= 0.3 is 0 Å². The summed E-state index contributed by atoms with van der Waals surface area (Å²) in [6.45, 7) is 3.73. The molecule has 0 fully saturated rings. The van der Waals surface area contributed by atoms with Gasteiger partial charge < -0.3 is 0 Å². The summed E-state index contributed by atoms with van der Waals surface area (Å²) in [6, 6.07) is 5.11. The number of hydrogen-bond acceptors (Lipinski definition) is 2. The van der Waals surface area contributed by atoms with Crippen LogP contribution in [0.2, 0.25) is 0 Å². The van der Waals surface area contributed by atoms with Gasteiger partial charge in [-0.05, 0) is 43.7 Å². The summed E-state index contributed by atoms with van der Waals surface area (Å²) in [6.07, 6.45) is 0. The van der Waals surface area contributed by atoms with Crippen LogP contribution >= 0.6 is 11.3 Å². The van der Waals surface area contributed by atoms with Crippen LogP contribution in [0.3, 0.4) is 0 Å². The Hall–Kier alpha value is -1.55. The van der Waals surface area contributed by atoms with Crippen LogP contribution < -0.4 is 0 Å². The Balaban J connectivity index is 2.44. The topological polar surface area (TPSA) is 17.1 Å². The molecule has 2 rings (SSSR count). The van der Waals surface area contributed by atoms with E-state index in [1.165, 1.54) is 17.4 Å². The minimum Gasteiger partial charge on any atom is -0.288 e. The van der Waals surface area contributed by atoms with E-state index in [1.54, 1.807) is 0 Å². The summed E-state index contributed by atoms with van der Waals surface area (Å²) in [7, 11) is 0. The quantitative estimate of drug-likeness (QED) is 0.741. The third-order valence-corrected chi connectivity index (χ3v) is 3.58. The normalized spacial score (nSPS) is 10.6. The Labute approximate surface area is 102 Å². The van der Waals surface area contributed by atoms with Crippen molar-refractivity contribution in [3.8, 4) is 0 Å². The number of hydrogen-bond donors (Lipinski definition) is 0. The second kappa shape index (κ2) is 4.37. The van der Waals surface area contributed by atoms with Crippen LogP contribution in [0.1, 0.15) is 25.7 Å². The van der Waals surface area contributed by atoms with Gasteiger partial charge in [-0.3, -0.25) is 4.79 Å². The Kier molecular flexibility index (Phi) is 3.07. The van der Waals surface area contributed by atoms with Crippen molar-refractivity contribution in [1.29, 1.82) is 0 Å². The molecule has 1 heterocycles. The van der Waals surface area contributed by atoms with E-state index >= 15 is 0 Å². The molecule has 17 heavy (non-hydrogen) atoms. The Morgan fingerprint density at radius 2 is 1.82 bits per heavy atom. The molecule has 1 nitrogen and oxygen atoms in total. The molecule has 0 aliphatic rings. The third-order valence-electron chi connectivity index (χ3n) is 2.43. The average Bonchev–Trinajstić information content (AvgIpc) is 2.61. The summed E-state index contributed by atoms with van der Waals surface area (Å²) in [5.41, 5.74) is 1.04. The van der Waals surface area contributed by atoms with Crippen molar-refractivity contribution >= 4 is 17.1 Å². The highest BCUT2D eigenvalue weighted by molar-refractivity contribution is 7.14. The Morgan fingerprint density at radius 1 is 1.12 bits per heavy atom. The molecule has 0 unspecified atom stereocenters. The molecule has 0 saturated carbocycles. The van der Waals surface area contributed by atoms with Crippen molar-refractivity contribution in [2.24, 2.45) is 0 Å². The molecule has 0 atom stereocenters. The van der Waals surface area contributed by atoms with E-state index in [0.717, 1.165) is 22.6 Å². The van der Waals surface area contributed by atoms with Crippen molar-refractivity contribution in [2.45, 2.75) is 13.8 Å². The van der Waals surface area contributed by atoms with Crippen molar-refractivity contribution < 1.29 is 13.6 Å². The Bertz CT molecular complexity index is 587. The first-order valence-corrected chi connectivity index (χ1v) is 5.87. The largest absolute Gasteiger partial charge is 0.288 e. The maximum atomic E-state index is 13.0. The maximum absolute atomic E-state index is 13.0. The van der Waals surface area contributed by atoms with Gasteiger partial charge in [-0.1, -0.05) is 0 Å². The van der Waals surface area contributed by atoms with Gasteiger partial charge in [0, 0.05) is 10.4 Å². The van der Waals surface area contributed by atoms with Gasteiger partial charge in [-0.2, -0.15) is 0 Å². The van der Waals surface area contributed by atoms with Crippen molar-refractivity contribution in [3.05, 3.63) is 56.8 Å². The number of thiophene rings is 1. The predicted octanol–water partition coefficient (Wildman–Crippen LogP) is 3.87. The summed E-state index contributed by atoms with van der Waals surface area (Å²) in [5, 5.41) is 0. The number of benzene rings is 1. The number of rotatable bonds is 2. The Morgan fingerprint density at radius 3 is 2.35 bits per heavy atom. The van der Waals surface area contributed by atoms with E-state index in [4.69, 9.17) is 0 Å². The van der Waals surface area contributed by atoms with E-state index in [1.807, 2.05) is 19.9 Å². The molecule has 0 spiro atoms. The maximum Gasteiger partial charge on any atom is 0.203 e. The fourth-order valence-electron chi connectivity index (χ4n) is 1.64. The minimum absolute atomic E-state index is 0.175. The molecule has 0 amide bonds. The van der Waals surface area contributed by atoms with Crippen LogP contribution in [-0.2, 0) is 0 Å². The lowest BCUT2D eigenvalue weighted by Gasteiger charge is -2.00. The zero-order chi connectivity index (χ0) is 12.6. The highest BCUT2D eigenvalue weighted by atomic mass is 32.1. The summed E-state index contributed by atoms with van der Waals surface area (Å²) in [5.74, 6) is -2.21. The molecular formula is C13H10F2OS. The van der Waals surface area contributed by atoms with Crippen LogP contribution in [-0.4, -0.2) is 5.78 Å². The summed E-state index contributed by atoms with van der Waals surface area (Å²) in [4.78, 5) is 13.7. The van der Waals surface area contributed by atoms with Crippen molar-refractivity contribution in [3.63, 3.8) is 0 Å². The van der Waals surface area contributed by atoms with Gasteiger partial charge in [-0.25, -0.2) is 8.78 Å². The first-order chi connectivity index (χ1) is 7.99. The van der Waals surface area contributed by atoms with Gasteiger partial charge in [-0.15, -0.1) is 11.3 Å². The van der Waals surface area contributed by atoms with Crippen LogP contribution in [0.15, 0.2) is 24.3 Å². The third kappa shape index (κ3) is 2.26. The number of aryl methyl sites for hydroxylation is 2. The molecule has 1 aromatic carbocycles. The monoisotopic (exact) mass is 252 g/mol. The first kappa shape index (κ1) is 11.9. The van der Waals surface area contributed by atoms with Crippen LogP contribution in [0.25, 0.3) is 0 Å². The van der Waals surface area contributed by atoms with E-state index < -0.39 is 11.6 Å². The van der Waals surface area contributed by atoms with E-state index in [9.17, 15) is 13.6 Å². The fraction of sp³-hybridized carbons (Fsp3) is 0.154. The highest BCUT2D eigenvalue weighted by Gasteiger charge is 2.16. The summed E-state index contributed by atoms with van der Waals surface area (Å²) >= 11 is 1.36. The zero-order valence-electron chi connectivity index (χ0n) is 9.38. The molecule has 0 bridgehead atoms. The number of halogens is 2. The second-order valence-corrected chi connectivity index (χ2v) is 5.08. The minimum atomic E-state index is -0.998. The lowest BCUT2D eigenvalue weighted by Crippen LogP contribution is -2.01. The molecule has 88 valence electrons. The molecule has 0 aliphatic heterocycles. The molecule has 2 aromatic rings. The predicted molar refractivity (Wildman–Crippen MR) is 63.6 cm³/mol. The average molecular weight is 252 g/mol. The van der Waals surface area contributed by atoms with Crippen molar-refractivity contribution in [1.82, 2.24) is 0 Å². The number of carbonyl (C=O) groups is 1.